The molecule has 1 aliphatic rings. The third-order valence-electron chi connectivity index (χ3n) is 7.88. The van der Waals surface area contributed by atoms with Gasteiger partial charge in [0.05, 0.1) is 48.0 Å². The summed E-state index contributed by atoms with van der Waals surface area (Å²) in [6.07, 6.45) is 0. The minimum absolute atomic E-state index is 0.236. The van der Waals surface area contributed by atoms with E-state index < -0.39 is 306 Å². The summed E-state index contributed by atoms with van der Waals surface area (Å²) in [7, 11) is 0. The van der Waals surface area contributed by atoms with Crippen molar-refractivity contribution in [2.24, 2.45) is 0 Å². The molecule has 54 heavy (non-hydrogen) atoms. The fourth-order valence-corrected chi connectivity index (χ4v) is 5.46. The van der Waals surface area contributed by atoms with Crippen LogP contribution >= 0.6 is 0 Å². The highest BCUT2D eigenvalue weighted by Gasteiger charge is 2.25. The average Bonchev–Trinajstić information content (AvgIpc) is 1.70. The average molecular weight is 725 g/mol. The number of hydrogen-bond acceptors (Lipinski definition) is 2. The molecule has 0 spiro atoms. The fraction of sp³-hybridized carbons (Fsp3) is 0. The number of benzene rings is 9. The molecule has 0 aromatic heterocycles. The molecule has 0 saturated carbocycles. The van der Waals surface area contributed by atoms with Gasteiger partial charge in [-0.05, 0) is 98.2 Å². The Bertz CT molecular complexity index is 4540. The zero-order valence-electron chi connectivity index (χ0n) is 61.9. The predicted octanol–water partition coefficient (Wildman–Crippen LogP) is 14.8. The first-order valence-electron chi connectivity index (χ1n) is 33.1. The molecule has 10 rings (SSSR count). The van der Waals surface area contributed by atoms with Crippen molar-refractivity contribution in [2.75, 3.05) is 4.90 Å². The third-order valence-corrected chi connectivity index (χ3v) is 7.88. The number of hydrogen-bond donors (Lipinski definition) is 0. The molecule has 0 unspecified atom stereocenters. The Morgan fingerprint density at radius 2 is 0.796 bits per heavy atom. The van der Waals surface area contributed by atoms with Gasteiger partial charge in [0, 0.05) is 39.6 Å². The third kappa shape index (κ3) is 5.71. The number of nitrogens with zero attached hydrogens (tertiary/aromatic N) is 1. The zero-order valence-corrected chi connectivity index (χ0v) is 26.9. The van der Waals surface area contributed by atoms with Crippen molar-refractivity contribution in [3.63, 3.8) is 0 Å². The summed E-state index contributed by atoms with van der Waals surface area (Å²) in [5.41, 5.74) is -12.9. The number of fused-ring (bicyclic) bond motifs is 7. The van der Waals surface area contributed by atoms with E-state index in [2.05, 4.69) is 0 Å². The summed E-state index contributed by atoms with van der Waals surface area (Å²) in [4.78, 5) is 0.236. The first kappa shape index (κ1) is 11.9. The highest BCUT2D eigenvalue weighted by atomic mass is 16.5. The van der Waals surface area contributed by atoms with Gasteiger partial charge in [-0.2, -0.15) is 0 Å². The van der Waals surface area contributed by atoms with E-state index >= 15 is 0 Å². The maximum Gasteiger partial charge on any atom is 0.143 e. The van der Waals surface area contributed by atoms with Crippen LogP contribution in [0.3, 0.4) is 0 Å². The minimum Gasteiger partial charge on any atom is -0.455 e. The lowest BCUT2D eigenvalue weighted by Crippen LogP contribution is -2.10. The largest absolute Gasteiger partial charge is 0.455 e. The first-order valence-corrected chi connectivity index (χ1v) is 15.6. The van der Waals surface area contributed by atoms with E-state index in [9.17, 15) is 23.3 Å². The van der Waals surface area contributed by atoms with Crippen LogP contribution in [0.1, 0.15) is 48.0 Å². The van der Waals surface area contributed by atoms with Gasteiger partial charge in [0.15, 0.2) is 0 Å². The summed E-state index contributed by atoms with van der Waals surface area (Å²) in [5.74, 6) is -2.18. The van der Waals surface area contributed by atoms with Gasteiger partial charge in [0.2, 0.25) is 0 Å². The molecule has 2 nitrogen and oxygen atoms in total. The van der Waals surface area contributed by atoms with Crippen molar-refractivity contribution in [3.8, 4) is 67.1 Å². The molecule has 9 aromatic rings. The molecule has 0 atom stereocenters. The lowest BCUT2D eigenvalue weighted by atomic mass is 9.90. The van der Waals surface area contributed by atoms with E-state index in [0.717, 1.165) is 0 Å². The molecule has 1 aliphatic heterocycles. The zero-order chi connectivity index (χ0) is 66.3. The highest BCUT2D eigenvalue weighted by Crippen LogP contribution is 2.51. The van der Waals surface area contributed by atoms with E-state index in [1.54, 1.807) is 0 Å². The molecule has 254 valence electrons. The van der Waals surface area contributed by atoms with Crippen molar-refractivity contribution in [1.82, 2.24) is 0 Å². The van der Waals surface area contributed by atoms with Gasteiger partial charge in [-0.1, -0.05) is 157 Å². The normalized spacial score (nSPS) is 20.6. The highest BCUT2D eigenvalue weighted by molar-refractivity contribution is 6.01. The van der Waals surface area contributed by atoms with Crippen molar-refractivity contribution in [2.45, 2.75) is 0 Å². The van der Waals surface area contributed by atoms with Gasteiger partial charge in [-0.25, -0.2) is 0 Å². The van der Waals surface area contributed by atoms with Crippen molar-refractivity contribution >= 4 is 27.8 Å². The smallest absolute Gasteiger partial charge is 0.143 e. The summed E-state index contributed by atoms with van der Waals surface area (Å²) >= 11 is 0. The van der Waals surface area contributed by atoms with E-state index in [4.69, 9.17) is 29.4 Å². The van der Waals surface area contributed by atoms with Crippen molar-refractivity contribution < 1.29 is 52.7 Å². The Labute approximate surface area is 365 Å². The second kappa shape index (κ2) is 13.4. The Balaban J connectivity index is 1.45. The van der Waals surface area contributed by atoms with Crippen LogP contribution in [0.4, 0.5) is 17.1 Å². The lowest BCUT2D eigenvalue weighted by Gasteiger charge is -2.27. The SMILES string of the molecule is [2H]c1c([2H])c([2H])c(-c2c([2H])c([2H])c(N(c3c([2H])c([2H])c(-c4c([2H])c([2H])c([2H])c([2H])c4[2H])c([2H])c3[2H])c3c([2H])c([2H])c4c(c3[2H])Oc3c(c([2H])c([2H])c5c([2H])c([2H])c([2H])c([2H])c35)-c3c([2H])c(-c5c([2H])c([2H])c([2H])c([2H])c5[2H])c([2H])c([2H])c3-4)c([2H])c2[2H])c([2H])c1[2H]. The predicted molar refractivity (Wildman–Crippen MR) is 226 cm³/mol. The van der Waals surface area contributed by atoms with Crippen LogP contribution in [-0.4, -0.2) is 0 Å². The van der Waals surface area contributed by atoms with Crippen LogP contribution in [0, 0.1) is 0 Å². The monoisotopic (exact) mass is 724 g/mol. The van der Waals surface area contributed by atoms with E-state index in [0.29, 0.717) is 0 Å². The van der Waals surface area contributed by atoms with Crippen LogP contribution in [0.25, 0.3) is 66.4 Å². The van der Waals surface area contributed by atoms with E-state index in [1.165, 1.54) is 0 Å². The molecule has 0 amide bonds. The molecule has 0 aliphatic carbocycles. The van der Waals surface area contributed by atoms with Gasteiger partial charge in [0.25, 0.3) is 0 Å². The quantitative estimate of drug-likeness (QED) is 0.169. The van der Waals surface area contributed by atoms with Gasteiger partial charge >= 0.3 is 0 Å². The summed E-state index contributed by atoms with van der Waals surface area (Å²) in [6, 6.07) is -38.9. The fourth-order valence-electron chi connectivity index (χ4n) is 5.46. The molecule has 2 heteroatoms. The van der Waals surface area contributed by atoms with Gasteiger partial charge in [0.1, 0.15) is 11.5 Å². The van der Waals surface area contributed by atoms with Crippen LogP contribution in [0.15, 0.2) is 211 Å². The Morgan fingerprint density at radius 3 is 1.41 bits per heavy atom. The molecule has 0 saturated heterocycles. The van der Waals surface area contributed by atoms with Crippen molar-refractivity contribution in [1.29, 1.82) is 0 Å². The van der Waals surface area contributed by atoms with Gasteiger partial charge in [-0.3, -0.25) is 0 Å². The summed E-state index contributed by atoms with van der Waals surface area (Å²) in [5, 5.41) is -1.56. The standard InChI is InChI=1S/C52H35NO/c1-4-12-36(13-5-1)39-20-26-43(27-21-39)53(44-28-22-40(23-29-44)37-14-6-2-7-15-37)45-30-33-48-47-31-25-42(38-16-8-3-9-17-38)34-50(47)49-32-24-41-18-10-11-19-46(41)52(49)54-51(48)35-45/h1-35H/i1D,2D,3D,4D,5D,6D,7D,8D,9D,10D,11D,12D,13D,14D,15D,16D,17D,18D,19D,20D,21D,22D,23D,24D,25D,26D,27D,28D,29D,30D,31D,32D,33D,34D,35D. The van der Waals surface area contributed by atoms with Gasteiger partial charge in [-0.15, -0.1) is 0 Å². The maximum absolute atomic E-state index is 10.2. The van der Waals surface area contributed by atoms with Crippen LogP contribution in [0.2, 0.25) is 0 Å². The van der Waals surface area contributed by atoms with E-state index in [1.807, 2.05) is 0 Å². The molecular weight excluding hydrogens is 655 g/mol. The Hall–Kier alpha value is -7.16. The molecule has 1 heterocycles. The Morgan fingerprint density at radius 1 is 0.333 bits per heavy atom. The van der Waals surface area contributed by atoms with Crippen LogP contribution in [0.5, 0.6) is 11.5 Å². The molecule has 0 bridgehead atoms. The first-order chi connectivity index (χ1) is 41.4. The number of anilines is 3. The second-order valence-corrected chi connectivity index (χ2v) is 11.0. The molecular formula is C52H35NO. The Kier molecular flexibility index (Phi) is 2.97. The number of ether oxygens (including phenoxy) is 1. The molecule has 0 N–H and O–H groups in total. The minimum atomic E-state index is -1.39. The molecule has 9 aromatic carbocycles. The molecule has 0 radical (unpaired) electrons. The van der Waals surface area contributed by atoms with Crippen LogP contribution in [-0.2, 0) is 0 Å². The summed E-state index contributed by atoms with van der Waals surface area (Å²) in [6.45, 7) is 0. The maximum atomic E-state index is 10.2. The second-order valence-electron chi connectivity index (χ2n) is 11.0. The summed E-state index contributed by atoms with van der Waals surface area (Å²) < 4.78 is 322. The lowest BCUT2D eigenvalue weighted by molar-refractivity contribution is 0.493. The van der Waals surface area contributed by atoms with Crippen LogP contribution < -0.4 is 9.64 Å². The van der Waals surface area contributed by atoms with Gasteiger partial charge < -0.3 is 9.64 Å². The topological polar surface area (TPSA) is 12.5 Å². The molecule has 0 fully saturated rings. The van der Waals surface area contributed by atoms with E-state index in [-0.39, 0.29) is 4.90 Å². The van der Waals surface area contributed by atoms with Crippen molar-refractivity contribution in [3.05, 3.63) is 211 Å². The number of rotatable bonds is 6.